The number of carbonyl (C=O) groups is 1. The molecule has 5 heteroatoms. The van der Waals surface area contributed by atoms with Crippen LogP contribution >= 0.6 is 0 Å². The van der Waals surface area contributed by atoms with Crippen LogP contribution in [0.4, 0.5) is 0 Å². The van der Waals surface area contributed by atoms with Crippen LogP contribution in [0.2, 0.25) is 0 Å². The number of aliphatic carboxylic acids is 1. The molecular weight excluding hydrogens is 230 g/mol. The lowest BCUT2D eigenvalue weighted by atomic mass is 9.80. The van der Waals surface area contributed by atoms with Gasteiger partial charge >= 0.3 is 5.97 Å². The maximum absolute atomic E-state index is 11.1. The van der Waals surface area contributed by atoms with Crippen molar-refractivity contribution in [3.05, 3.63) is 30.1 Å². The molecular formula is C13H15N3O2. The monoisotopic (exact) mass is 245 g/mol. The summed E-state index contributed by atoms with van der Waals surface area (Å²) < 4.78 is 0. The van der Waals surface area contributed by atoms with Crippen LogP contribution in [0.25, 0.3) is 0 Å². The van der Waals surface area contributed by atoms with Gasteiger partial charge in [0, 0.05) is 25.8 Å². The van der Waals surface area contributed by atoms with Crippen LogP contribution in [-0.2, 0) is 11.3 Å². The fourth-order valence-corrected chi connectivity index (χ4v) is 2.19. The largest absolute Gasteiger partial charge is 0.480 e. The van der Waals surface area contributed by atoms with Crippen LogP contribution < -0.4 is 0 Å². The number of carboxylic acid groups (broad SMARTS) is 1. The Morgan fingerprint density at radius 2 is 2.22 bits per heavy atom. The molecule has 18 heavy (non-hydrogen) atoms. The van der Waals surface area contributed by atoms with E-state index in [9.17, 15) is 4.79 Å². The molecule has 1 aliphatic rings. The Bertz CT molecular complexity index is 459. The first kappa shape index (κ1) is 12.5. The SMILES string of the molecule is N#CC1(C(=O)O)CCN(Cc2ccccn2)CC1. The van der Waals surface area contributed by atoms with Gasteiger partial charge in [0.25, 0.3) is 0 Å². The number of aromatic nitrogens is 1. The fraction of sp³-hybridized carbons (Fsp3) is 0.462. The predicted molar refractivity (Wildman–Crippen MR) is 64.4 cm³/mol. The average molecular weight is 245 g/mol. The topological polar surface area (TPSA) is 77.2 Å². The van der Waals surface area contributed by atoms with E-state index in [4.69, 9.17) is 10.4 Å². The van der Waals surface area contributed by atoms with Crippen molar-refractivity contribution in [3.8, 4) is 6.07 Å². The molecule has 94 valence electrons. The van der Waals surface area contributed by atoms with Gasteiger partial charge in [-0.25, -0.2) is 0 Å². The van der Waals surface area contributed by atoms with Crippen molar-refractivity contribution in [2.45, 2.75) is 19.4 Å². The third-order valence-electron chi connectivity index (χ3n) is 3.44. The van der Waals surface area contributed by atoms with Crippen LogP contribution in [0.3, 0.4) is 0 Å². The molecule has 1 N–H and O–H groups in total. The molecule has 0 saturated carbocycles. The highest BCUT2D eigenvalue weighted by Gasteiger charge is 2.41. The summed E-state index contributed by atoms with van der Waals surface area (Å²) in [5.74, 6) is -0.998. The lowest BCUT2D eigenvalue weighted by molar-refractivity contribution is -0.147. The summed E-state index contributed by atoms with van der Waals surface area (Å²) >= 11 is 0. The highest BCUT2D eigenvalue weighted by Crippen LogP contribution is 2.31. The Morgan fingerprint density at radius 3 is 2.72 bits per heavy atom. The lowest BCUT2D eigenvalue weighted by Gasteiger charge is -2.34. The van der Waals surface area contributed by atoms with Gasteiger partial charge in [-0.05, 0) is 25.0 Å². The molecule has 0 aliphatic carbocycles. The average Bonchev–Trinajstić information content (AvgIpc) is 2.41. The Hall–Kier alpha value is -1.93. The summed E-state index contributed by atoms with van der Waals surface area (Å²) in [5.41, 5.74) is -0.224. The lowest BCUT2D eigenvalue weighted by Crippen LogP contribution is -2.43. The number of carboxylic acids is 1. The molecule has 0 bridgehead atoms. The number of rotatable bonds is 3. The van der Waals surface area contributed by atoms with Crippen LogP contribution in [-0.4, -0.2) is 34.0 Å². The van der Waals surface area contributed by atoms with Gasteiger partial charge in [-0.1, -0.05) is 6.07 Å². The Labute approximate surface area is 106 Å². The fourth-order valence-electron chi connectivity index (χ4n) is 2.19. The molecule has 0 spiro atoms. The number of pyridine rings is 1. The van der Waals surface area contributed by atoms with Crippen molar-refractivity contribution in [1.82, 2.24) is 9.88 Å². The van der Waals surface area contributed by atoms with E-state index in [1.165, 1.54) is 0 Å². The number of hydrogen-bond acceptors (Lipinski definition) is 4. The minimum absolute atomic E-state index is 0.381. The summed E-state index contributed by atoms with van der Waals surface area (Å²) in [7, 11) is 0. The van der Waals surface area contributed by atoms with Crippen LogP contribution in [0.5, 0.6) is 0 Å². The van der Waals surface area contributed by atoms with Gasteiger partial charge < -0.3 is 5.11 Å². The molecule has 2 rings (SSSR count). The van der Waals surface area contributed by atoms with Crippen molar-refractivity contribution in [1.29, 1.82) is 5.26 Å². The van der Waals surface area contributed by atoms with Crippen molar-refractivity contribution in [2.24, 2.45) is 5.41 Å². The van der Waals surface area contributed by atoms with E-state index in [-0.39, 0.29) is 0 Å². The third-order valence-corrected chi connectivity index (χ3v) is 3.44. The molecule has 1 saturated heterocycles. The first-order chi connectivity index (χ1) is 8.66. The van der Waals surface area contributed by atoms with Crippen molar-refractivity contribution < 1.29 is 9.90 Å². The van der Waals surface area contributed by atoms with Crippen molar-refractivity contribution in [3.63, 3.8) is 0 Å². The molecule has 1 fully saturated rings. The second-order valence-electron chi connectivity index (χ2n) is 4.60. The summed E-state index contributed by atoms with van der Waals surface area (Å²) in [4.78, 5) is 17.5. The normalized spacial score (nSPS) is 19.1. The van der Waals surface area contributed by atoms with Crippen LogP contribution in [0.1, 0.15) is 18.5 Å². The summed E-state index contributed by atoms with van der Waals surface area (Å²) in [6.07, 6.45) is 2.51. The van der Waals surface area contributed by atoms with Crippen molar-refractivity contribution >= 4 is 5.97 Å². The maximum atomic E-state index is 11.1. The van der Waals surface area contributed by atoms with Crippen LogP contribution in [0.15, 0.2) is 24.4 Å². The van der Waals surface area contributed by atoms with Crippen LogP contribution in [0, 0.1) is 16.7 Å². The van der Waals surface area contributed by atoms with E-state index in [1.54, 1.807) is 6.20 Å². The molecule has 1 aliphatic heterocycles. The quantitative estimate of drug-likeness (QED) is 0.867. The molecule has 0 amide bonds. The Balaban J connectivity index is 1.95. The van der Waals surface area contributed by atoms with E-state index in [1.807, 2.05) is 24.3 Å². The predicted octanol–water partition coefficient (Wildman–Crippen LogP) is 1.27. The van der Waals surface area contributed by atoms with E-state index in [2.05, 4.69) is 9.88 Å². The van der Waals surface area contributed by atoms with E-state index < -0.39 is 11.4 Å². The standard InChI is InChI=1S/C13H15N3O2/c14-10-13(12(17)18)4-7-16(8-5-13)9-11-3-1-2-6-15-11/h1-3,6H,4-5,7-9H2,(H,17,18). The number of nitrogens with zero attached hydrogens (tertiary/aromatic N) is 3. The van der Waals surface area contributed by atoms with E-state index in [0.29, 0.717) is 32.5 Å². The van der Waals surface area contributed by atoms with Gasteiger partial charge in [-0.2, -0.15) is 5.26 Å². The van der Waals surface area contributed by atoms with Gasteiger partial charge in [0.1, 0.15) is 0 Å². The molecule has 5 nitrogen and oxygen atoms in total. The molecule has 1 aromatic heterocycles. The summed E-state index contributed by atoms with van der Waals surface area (Å²) in [6.45, 7) is 1.95. The van der Waals surface area contributed by atoms with Gasteiger partial charge in [0.2, 0.25) is 0 Å². The second-order valence-corrected chi connectivity index (χ2v) is 4.60. The highest BCUT2D eigenvalue weighted by atomic mass is 16.4. The minimum Gasteiger partial charge on any atom is -0.480 e. The molecule has 0 aromatic carbocycles. The summed E-state index contributed by atoms with van der Waals surface area (Å²) in [6, 6.07) is 7.71. The molecule has 0 atom stereocenters. The number of nitriles is 1. The molecule has 2 heterocycles. The number of piperidine rings is 1. The molecule has 0 unspecified atom stereocenters. The van der Waals surface area contributed by atoms with E-state index >= 15 is 0 Å². The van der Waals surface area contributed by atoms with Gasteiger partial charge in [-0.15, -0.1) is 0 Å². The smallest absolute Gasteiger partial charge is 0.324 e. The first-order valence-electron chi connectivity index (χ1n) is 5.93. The zero-order valence-corrected chi connectivity index (χ0v) is 10.0. The molecule has 0 radical (unpaired) electrons. The number of likely N-dealkylation sites (tertiary alicyclic amines) is 1. The zero-order chi connectivity index (χ0) is 13.0. The first-order valence-corrected chi connectivity index (χ1v) is 5.93. The zero-order valence-electron chi connectivity index (χ0n) is 10.0. The Kier molecular flexibility index (Phi) is 3.58. The Morgan fingerprint density at radius 1 is 1.50 bits per heavy atom. The summed E-state index contributed by atoms with van der Waals surface area (Å²) in [5, 5.41) is 18.1. The maximum Gasteiger partial charge on any atom is 0.324 e. The van der Waals surface area contributed by atoms with Crippen molar-refractivity contribution in [2.75, 3.05) is 13.1 Å². The van der Waals surface area contributed by atoms with E-state index in [0.717, 1.165) is 5.69 Å². The second kappa shape index (κ2) is 5.15. The third kappa shape index (κ3) is 2.49. The highest BCUT2D eigenvalue weighted by molar-refractivity contribution is 5.78. The van der Waals surface area contributed by atoms with Gasteiger partial charge in [0.15, 0.2) is 5.41 Å². The van der Waals surface area contributed by atoms with Gasteiger partial charge in [-0.3, -0.25) is 14.7 Å². The number of hydrogen-bond donors (Lipinski definition) is 1. The minimum atomic E-state index is -1.19. The molecule has 1 aromatic rings. The van der Waals surface area contributed by atoms with Gasteiger partial charge in [0.05, 0.1) is 11.8 Å².